The summed E-state index contributed by atoms with van der Waals surface area (Å²) in [4.78, 5) is 4.10. The number of allylic oxidation sites excluding steroid dienone is 10. The fourth-order valence-electron chi connectivity index (χ4n) is 3.20. The fraction of sp³-hybridized carbons (Fsp3) is 0.542. The summed E-state index contributed by atoms with van der Waals surface area (Å²) in [6.45, 7) is 13.5. The van der Waals surface area contributed by atoms with Crippen LogP contribution in [0, 0.1) is 5.41 Å². The number of rotatable bonds is 8. The summed E-state index contributed by atoms with van der Waals surface area (Å²) in [7, 11) is 0. The number of hydrogen-bond donors (Lipinski definition) is 0. The highest BCUT2D eigenvalue weighted by molar-refractivity contribution is 5.77. The van der Waals surface area contributed by atoms with Gasteiger partial charge in [0.05, 0.1) is 6.21 Å². The Bertz CT molecular complexity index is 639. The van der Waals surface area contributed by atoms with E-state index < -0.39 is 0 Å². The minimum Gasteiger partial charge on any atom is -0.290 e. The van der Waals surface area contributed by atoms with Crippen LogP contribution in [0.5, 0.6) is 0 Å². The second-order valence-corrected chi connectivity index (χ2v) is 7.95. The van der Waals surface area contributed by atoms with Crippen molar-refractivity contribution in [2.45, 2.75) is 73.6 Å². The molecule has 1 nitrogen and oxygen atoms in total. The molecule has 26 heavy (non-hydrogen) atoms. The minimum atomic E-state index is -0.260. The molecule has 0 bridgehead atoms. The van der Waals surface area contributed by atoms with Crippen molar-refractivity contribution in [3.63, 3.8) is 0 Å². The van der Waals surface area contributed by atoms with Crippen LogP contribution in [0.15, 0.2) is 63.5 Å². The van der Waals surface area contributed by atoms with Crippen molar-refractivity contribution >= 4 is 6.21 Å². The number of unbranched alkanes of at least 4 members (excludes halogenated alkanes) is 1. The molecular formula is C24H36FN. The Morgan fingerprint density at radius 1 is 1.23 bits per heavy atom. The quantitative estimate of drug-likeness (QED) is 0.240. The first kappa shape index (κ1) is 22.3. The van der Waals surface area contributed by atoms with E-state index in [4.69, 9.17) is 0 Å². The third-order valence-corrected chi connectivity index (χ3v) is 4.98. The molecule has 0 saturated heterocycles. The summed E-state index contributed by atoms with van der Waals surface area (Å²) in [5.41, 5.74) is 4.99. The van der Waals surface area contributed by atoms with E-state index in [-0.39, 0.29) is 11.2 Å². The molecule has 144 valence electrons. The van der Waals surface area contributed by atoms with Gasteiger partial charge in [-0.25, -0.2) is 4.39 Å². The van der Waals surface area contributed by atoms with Gasteiger partial charge in [0.2, 0.25) is 0 Å². The van der Waals surface area contributed by atoms with E-state index in [0.717, 1.165) is 18.4 Å². The van der Waals surface area contributed by atoms with E-state index in [1.807, 2.05) is 12.2 Å². The fourth-order valence-corrected chi connectivity index (χ4v) is 3.20. The predicted molar refractivity (Wildman–Crippen MR) is 114 cm³/mol. The maximum atomic E-state index is 13.9. The van der Waals surface area contributed by atoms with E-state index in [9.17, 15) is 4.39 Å². The molecule has 0 saturated carbocycles. The van der Waals surface area contributed by atoms with Gasteiger partial charge in [0, 0.05) is 6.54 Å². The average molecular weight is 358 g/mol. The van der Waals surface area contributed by atoms with Gasteiger partial charge in [-0.15, -0.1) is 0 Å². The van der Waals surface area contributed by atoms with Crippen LogP contribution < -0.4 is 0 Å². The van der Waals surface area contributed by atoms with Gasteiger partial charge in [-0.1, -0.05) is 68.7 Å². The van der Waals surface area contributed by atoms with Gasteiger partial charge in [-0.05, 0) is 63.0 Å². The number of hydrogen-bond acceptors (Lipinski definition) is 1. The van der Waals surface area contributed by atoms with Crippen molar-refractivity contribution in [1.82, 2.24) is 0 Å². The third kappa shape index (κ3) is 7.68. The summed E-state index contributed by atoms with van der Waals surface area (Å²) in [6, 6.07) is 0. The van der Waals surface area contributed by atoms with Crippen LogP contribution in [0.2, 0.25) is 0 Å². The standard InChI is InChI=1S/C24H36FN/c1-7-8-17-26-18-23(25)21(4)12-9-11-19(2)14-15-22-20(3)13-10-16-24(22,5)6/h9,11-12,14-15,18H,7-8,10,13,16-17H2,1-6H3/b12-9+,15-14+,19-11-,23-21-,26-18?. The molecule has 1 aliphatic carbocycles. The lowest BCUT2D eigenvalue weighted by Gasteiger charge is -2.32. The summed E-state index contributed by atoms with van der Waals surface area (Å²) in [5, 5.41) is 0. The van der Waals surface area contributed by atoms with Crippen LogP contribution in [-0.4, -0.2) is 12.8 Å². The maximum absolute atomic E-state index is 13.9. The van der Waals surface area contributed by atoms with Crippen molar-refractivity contribution in [1.29, 1.82) is 0 Å². The minimum absolute atomic E-state index is 0.258. The Labute approximate surface area is 160 Å². The van der Waals surface area contributed by atoms with Crippen LogP contribution in [0.1, 0.15) is 73.6 Å². The highest BCUT2D eigenvalue weighted by Crippen LogP contribution is 2.40. The molecular weight excluding hydrogens is 321 g/mol. The first-order chi connectivity index (χ1) is 12.3. The Kier molecular flexibility index (Phi) is 9.54. The second-order valence-electron chi connectivity index (χ2n) is 7.95. The molecule has 0 aromatic rings. The highest BCUT2D eigenvalue weighted by atomic mass is 19.1. The first-order valence-electron chi connectivity index (χ1n) is 9.87. The summed E-state index contributed by atoms with van der Waals surface area (Å²) in [6.07, 6.45) is 17.3. The Morgan fingerprint density at radius 2 is 1.96 bits per heavy atom. The monoisotopic (exact) mass is 357 g/mol. The molecule has 0 unspecified atom stereocenters. The molecule has 0 radical (unpaired) electrons. The molecule has 2 heteroatoms. The van der Waals surface area contributed by atoms with Crippen LogP contribution in [-0.2, 0) is 0 Å². The highest BCUT2D eigenvalue weighted by Gasteiger charge is 2.26. The smallest absolute Gasteiger partial charge is 0.143 e. The third-order valence-electron chi connectivity index (χ3n) is 4.98. The molecule has 1 rings (SSSR count). The number of halogens is 1. The molecule has 0 atom stereocenters. The van der Waals surface area contributed by atoms with Crippen LogP contribution in [0.3, 0.4) is 0 Å². The molecule has 0 heterocycles. The Balaban J connectivity index is 2.73. The average Bonchev–Trinajstić information content (AvgIpc) is 2.57. The topological polar surface area (TPSA) is 12.4 Å². The largest absolute Gasteiger partial charge is 0.290 e. The van der Waals surface area contributed by atoms with E-state index in [2.05, 4.69) is 51.8 Å². The zero-order valence-electron chi connectivity index (χ0n) is 17.5. The normalized spacial score (nSPS) is 19.9. The van der Waals surface area contributed by atoms with Crippen molar-refractivity contribution in [2.75, 3.05) is 6.54 Å². The van der Waals surface area contributed by atoms with Gasteiger partial charge in [0.15, 0.2) is 0 Å². The molecule has 0 amide bonds. The van der Waals surface area contributed by atoms with Gasteiger partial charge >= 0.3 is 0 Å². The maximum Gasteiger partial charge on any atom is 0.143 e. The molecule has 0 aromatic heterocycles. The lowest BCUT2D eigenvalue weighted by molar-refractivity contribution is 0.377. The van der Waals surface area contributed by atoms with Gasteiger partial charge < -0.3 is 0 Å². The van der Waals surface area contributed by atoms with Crippen LogP contribution in [0.4, 0.5) is 4.39 Å². The summed E-state index contributed by atoms with van der Waals surface area (Å²) >= 11 is 0. The molecule has 0 spiro atoms. The van der Waals surface area contributed by atoms with Crippen molar-refractivity contribution in [3.8, 4) is 0 Å². The van der Waals surface area contributed by atoms with Crippen LogP contribution >= 0.6 is 0 Å². The lowest BCUT2D eigenvalue weighted by atomic mass is 9.72. The summed E-state index contributed by atoms with van der Waals surface area (Å²) in [5.74, 6) is -0.260. The van der Waals surface area contributed by atoms with Gasteiger partial charge in [0.25, 0.3) is 0 Å². The first-order valence-corrected chi connectivity index (χ1v) is 9.87. The zero-order chi connectivity index (χ0) is 19.6. The zero-order valence-corrected chi connectivity index (χ0v) is 17.5. The van der Waals surface area contributed by atoms with Crippen molar-refractivity contribution in [2.24, 2.45) is 10.4 Å². The molecule has 0 N–H and O–H groups in total. The van der Waals surface area contributed by atoms with E-state index in [1.165, 1.54) is 36.6 Å². The number of aliphatic imine (C=N–C) groups is 1. The Morgan fingerprint density at radius 3 is 2.62 bits per heavy atom. The molecule has 0 aliphatic heterocycles. The molecule has 0 aromatic carbocycles. The SMILES string of the molecule is CCCCN=C/C(F)=C(C)/C=C/C=C(C)\C=C\C1=C(C)CCCC1(C)C. The second kappa shape index (κ2) is 11.1. The van der Waals surface area contributed by atoms with E-state index in [1.54, 1.807) is 13.0 Å². The molecule has 0 fully saturated rings. The number of nitrogens with zero attached hydrogens (tertiary/aromatic N) is 1. The lowest BCUT2D eigenvalue weighted by Crippen LogP contribution is -2.19. The van der Waals surface area contributed by atoms with Gasteiger partial charge in [-0.2, -0.15) is 0 Å². The van der Waals surface area contributed by atoms with E-state index >= 15 is 0 Å². The summed E-state index contributed by atoms with van der Waals surface area (Å²) < 4.78 is 13.9. The van der Waals surface area contributed by atoms with Gasteiger partial charge in [0.1, 0.15) is 5.83 Å². The van der Waals surface area contributed by atoms with Gasteiger partial charge in [-0.3, -0.25) is 4.99 Å². The van der Waals surface area contributed by atoms with E-state index in [0.29, 0.717) is 12.1 Å². The molecule has 1 aliphatic rings. The van der Waals surface area contributed by atoms with Crippen molar-refractivity contribution in [3.05, 3.63) is 58.5 Å². The van der Waals surface area contributed by atoms with Crippen LogP contribution in [0.25, 0.3) is 0 Å². The Hall–Kier alpha value is -1.70. The predicted octanol–water partition coefficient (Wildman–Crippen LogP) is 7.69. The van der Waals surface area contributed by atoms with Crippen molar-refractivity contribution < 1.29 is 4.39 Å².